The molecule has 1 heterocycles. The number of ether oxygens (including phenoxy) is 3. The predicted molar refractivity (Wildman–Crippen MR) is 92.0 cm³/mol. The number of aromatic nitrogens is 1. The van der Waals surface area contributed by atoms with Gasteiger partial charge in [0, 0.05) is 11.2 Å². The van der Waals surface area contributed by atoms with Gasteiger partial charge in [-0.1, -0.05) is 11.6 Å². The van der Waals surface area contributed by atoms with Gasteiger partial charge in [0.1, 0.15) is 11.3 Å². The number of halogens is 1. The van der Waals surface area contributed by atoms with E-state index < -0.39 is 17.5 Å². The summed E-state index contributed by atoms with van der Waals surface area (Å²) in [5.74, 6) is -0.988. The fraction of sp³-hybridized carbons (Fsp3) is 0.278. The molecule has 0 aliphatic heterocycles. The molecular weight excluding hydrogens is 346 g/mol. The van der Waals surface area contributed by atoms with E-state index in [4.69, 9.17) is 25.8 Å². The van der Waals surface area contributed by atoms with Gasteiger partial charge in [0.05, 0.1) is 6.61 Å². The van der Waals surface area contributed by atoms with E-state index in [2.05, 4.69) is 4.98 Å². The molecule has 1 aromatic carbocycles. The van der Waals surface area contributed by atoms with Crippen LogP contribution in [0, 0.1) is 0 Å². The van der Waals surface area contributed by atoms with E-state index in [0.717, 1.165) is 0 Å². The normalized spacial score (nSPS) is 10.9. The topological polar surface area (TPSA) is 74.7 Å². The Morgan fingerprint density at radius 2 is 1.84 bits per heavy atom. The first-order valence-electron chi connectivity index (χ1n) is 7.62. The molecule has 0 atom stereocenters. The zero-order valence-corrected chi connectivity index (χ0v) is 14.9. The van der Waals surface area contributed by atoms with Gasteiger partial charge in [-0.15, -0.1) is 0 Å². The Morgan fingerprint density at radius 1 is 1.16 bits per heavy atom. The molecule has 0 saturated carbocycles. The summed E-state index contributed by atoms with van der Waals surface area (Å²) in [5, 5.41) is 0.556. The Hall–Kier alpha value is -2.60. The van der Waals surface area contributed by atoms with Crippen molar-refractivity contribution in [2.24, 2.45) is 0 Å². The second-order valence-electron chi connectivity index (χ2n) is 5.53. The van der Waals surface area contributed by atoms with Gasteiger partial charge in [-0.25, -0.2) is 14.6 Å². The van der Waals surface area contributed by atoms with Crippen LogP contribution < -0.4 is 9.47 Å². The van der Waals surface area contributed by atoms with Crippen LogP contribution in [0.3, 0.4) is 0 Å². The molecular formula is C18H18ClNO5. The Labute approximate surface area is 150 Å². The molecule has 0 aliphatic carbocycles. The van der Waals surface area contributed by atoms with Gasteiger partial charge in [0.25, 0.3) is 0 Å². The van der Waals surface area contributed by atoms with Crippen LogP contribution in [0.25, 0.3) is 0 Å². The number of carbonyl (C=O) groups excluding carboxylic acids is 2. The highest BCUT2D eigenvalue weighted by Crippen LogP contribution is 2.23. The summed E-state index contributed by atoms with van der Waals surface area (Å²) in [6.07, 6.45) is 1.42. The molecule has 0 spiro atoms. The van der Waals surface area contributed by atoms with E-state index in [9.17, 15) is 9.59 Å². The summed E-state index contributed by atoms with van der Waals surface area (Å²) in [7, 11) is 0. The van der Waals surface area contributed by atoms with E-state index in [1.807, 2.05) is 0 Å². The van der Waals surface area contributed by atoms with Gasteiger partial charge in [-0.2, -0.15) is 0 Å². The second kappa shape index (κ2) is 7.98. The van der Waals surface area contributed by atoms with Gasteiger partial charge >= 0.3 is 11.9 Å². The maximum atomic E-state index is 12.5. The van der Waals surface area contributed by atoms with E-state index in [1.165, 1.54) is 12.3 Å². The minimum atomic E-state index is -1.31. The first-order chi connectivity index (χ1) is 11.8. The van der Waals surface area contributed by atoms with Crippen LogP contribution in [0.2, 0.25) is 5.02 Å². The standard InChI is InChI=1S/C18H18ClNO5/c1-4-23-16(21)14-6-5-11-20-15(14)24-17(22)18(2,3)25-13-9-7-12(19)8-10-13/h5-11H,4H2,1-3H3. The van der Waals surface area contributed by atoms with Crippen LogP contribution in [-0.4, -0.2) is 29.1 Å². The highest BCUT2D eigenvalue weighted by atomic mass is 35.5. The molecule has 0 aliphatic rings. The van der Waals surface area contributed by atoms with E-state index in [0.29, 0.717) is 10.8 Å². The number of benzene rings is 1. The maximum Gasteiger partial charge on any atom is 0.356 e. The molecule has 132 valence electrons. The Bertz CT molecular complexity index is 758. The third-order valence-electron chi connectivity index (χ3n) is 3.13. The summed E-state index contributed by atoms with van der Waals surface area (Å²) in [6, 6.07) is 9.61. The lowest BCUT2D eigenvalue weighted by Gasteiger charge is -2.24. The van der Waals surface area contributed by atoms with E-state index >= 15 is 0 Å². The van der Waals surface area contributed by atoms with Gasteiger partial charge < -0.3 is 14.2 Å². The minimum absolute atomic E-state index is 0.0694. The van der Waals surface area contributed by atoms with Crippen LogP contribution in [0.5, 0.6) is 11.6 Å². The zero-order valence-electron chi connectivity index (χ0n) is 14.1. The number of pyridine rings is 1. The van der Waals surface area contributed by atoms with E-state index in [-0.39, 0.29) is 18.1 Å². The number of esters is 2. The predicted octanol–water partition coefficient (Wildman–Crippen LogP) is 3.67. The van der Waals surface area contributed by atoms with Gasteiger partial charge in [0.15, 0.2) is 0 Å². The number of hydrogen-bond donors (Lipinski definition) is 0. The van der Waals surface area contributed by atoms with Crippen LogP contribution in [0.1, 0.15) is 31.1 Å². The summed E-state index contributed by atoms with van der Waals surface area (Å²) >= 11 is 5.83. The lowest BCUT2D eigenvalue weighted by Crippen LogP contribution is -2.41. The SMILES string of the molecule is CCOC(=O)c1cccnc1OC(=O)C(C)(C)Oc1ccc(Cl)cc1. The molecule has 2 aromatic rings. The number of hydrogen-bond acceptors (Lipinski definition) is 6. The fourth-order valence-electron chi connectivity index (χ4n) is 1.89. The quantitative estimate of drug-likeness (QED) is 0.729. The Kier molecular flexibility index (Phi) is 5.98. The molecule has 2 rings (SSSR count). The second-order valence-corrected chi connectivity index (χ2v) is 5.97. The zero-order chi connectivity index (χ0) is 18.4. The highest BCUT2D eigenvalue weighted by Gasteiger charge is 2.34. The van der Waals surface area contributed by atoms with Crippen molar-refractivity contribution >= 4 is 23.5 Å². The lowest BCUT2D eigenvalue weighted by molar-refractivity contribution is -0.149. The largest absolute Gasteiger partial charge is 0.476 e. The summed E-state index contributed by atoms with van der Waals surface area (Å²) < 4.78 is 15.9. The van der Waals surface area contributed by atoms with Crippen LogP contribution in [0.4, 0.5) is 0 Å². The highest BCUT2D eigenvalue weighted by molar-refractivity contribution is 6.30. The average Bonchev–Trinajstić information content (AvgIpc) is 2.57. The van der Waals surface area contributed by atoms with Gasteiger partial charge in [0.2, 0.25) is 11.5 Å². The average molecular weight is 364 g/mol. The van der Waals surface area contributed by atoms with Crippen molar-refractivity contribution in [2.45, 2.75) is 26.4 Å². The molecule has 0 saturated heterocycles. The van der Waals surface area contributed by atoms with Crippen molar-refractivity contribution in [3.8, 4) is 11.6 Å². The van der Waals surface area contributed by atoms with Gasteiger partial charge in [-0.05, 0) is 57.2 Å². The number of carbonyl (C=O) groups is 2. The van der Waals surface area contributed by atoms with Gasteiger partial charge in [-0.3, -0.25) is 0 Å². The Morgan fingerprint density at radius 3 is 2.48 bits per heavy atom. The minimum Gasteiger partial charge on any atom is -0.476 e. The summed E-state index contributed by atoms with van der Waals surface area (Å²) in [4.78, 5) is 28.3. The molecule has 0 N–H and O–H groups in total. The van der Waals surface area contributed by atoms with Crippen molar-refractivity contribution in [3.63, 3.8) is 0 Å². The van der Waals surface area contributed by atoms with Crippen molar-refractivity contribution in [1.29, 1.82) is 0 Å². The van der Waals surface area contributed by atoms with E-state index in [1.54, 1.807) is 51.1 Å². The molecule has 0 bridgehead atoms. The van der Waals surface area contributed by atoms with Crippen molar-refractivity contribution in [3.05, 3.63) is 53.2 Å². The van der Waals surface area contributed by atoms with Crippen molar-refractivity contribution in [2.75, 3.05) is 6.61 Å². The molecule has 0 fully saturated rings. The molecule has 25 heavy (non-hydrogen) atoms. The monoisotopic (exact) mass is 363 g/mol. The molecule has 0 amide bonds. The molecule has 0 radical (unpaired) electrons. The lowest BCUT2D eigenvalue weighted by atomic mass is 10.1. The number of nitrogens with zero attached hydrogens (tertiary/aromatic N) is 1. The number of rotatable bonds is 6. The first-order valence-corrected chi connectivity index (χ1v) is 8.00. The first kappa shape index (κ1) is 18.7. The third-order valence-corrected chi connectivity index (χ3v) is 3.39. The van der Waals surface area contributed by atoms with Crippen molar-refractivity contribution < 1.29 is 23.8 Å². The summed E-state index contributed by atoms with van der Waals surface area (Å²) in [6.45, 7) is 4.99. The smallest absolute Gasteiger partial charge is 0.356 e. The van der Waals surface area contributed by atoms with Crippen LogP contribution in [-0.2, 0) is 9.53 Å². The maximum absolute atomic E-state index is 12.5. The molecule has 0 unspecified atom stereocenters. The Balaban J connectivity index is 2.15. The third kappa shape index (κ3) is 4.93. The summed E-state index contributed by atoms with van der Waals surface area (Å²) in [5.41, 5.74) is -1.24. The fourth-order valence-corrected chi connectivity index (χ4v) is 2.01. The molecule has 1 aromatic heterocycles. The van der Waals surface area contributed by atoms with Crippen molar-refractivity contribution in [1.82, 2.24) is 4.98 Å². The van der Waals surface area contributed by atoms with Crippen LogP contribution >= 0.6 is 11.6 Å². The molecule has 6 nitrogen and oxygen atoms in total. The molecule has 7 heteroatoms. The van der Waals surface area contributed by atoms with Crippen LogP contribution in [0.15, 0.2) is 42.6 Å².